The van der Waals surface area contributed by atoms with E-state index in [1.54, 1.807) is 11.3 Å². The van der Waals surface area contributed by atoms with Gasteiger partial charge in [-0.3, -0.25) is 9.88 Å². The minimum atomic E-state index is 0.330. The summed E-state index contributed by atoms with van der Waals surface area (Å²) in [6, 6.07) is 0. The van der Waals surface area contributed by atoms with Gasteiger partial charge in [0.2, 0.25) is 0 Å². The van der Waals surface area contributed by atoms with Crippen molar-refractivity contribution >= 4 is 11.3 Å². The van der Waals surface area contributed by atoms with Gasteiger partial charge in [-0.05, 0) is 7.05 Å². The average Bonchev–Trinajstić information content (AvgIpc) is 2.71. The van der Waals surface area contributed by atoms with E-state index in [2.05, 4.69) is 15.2 Å². The largest absolute Gasteiger partial charge is 0.374 e. The third-order valence-corrected chi connectivity index (χ3v) is 3.28. The molecule has 1 atom stereocenters. The van der Waals surface area contributed by atoms with E-state index < -0.39 is 0 Å². The lowest BCUT2D eigenvalue weighted by Crippen LogP contribution is -2.45. The van der Waals surface area contributed by atoms with Crippen LogP contribution in [0.4, 0.5) is 0 Å². The van der Waals surface area contributed by atoms with E-state index >= 15 is 0 Å². The molecule has 2 rings (SSSR count). The SMILES string of the molecule is CNCC1CN(Cc2cncs2)CCO1. The van der Waals surface area contributed by atoms with E-state index in [-0.39, 0.29) is 0 Å². The standard InChI is InChI=1S/C10H17N3OS/c1-11-4-9-6-13(2-3-14-9)7-10-5-12-8-15-10/h5,8-9,11H,2-4,6-7H2,1H3. The first kappa shape index (κ1) is 11.0. The van der Waals surface area contributed by atoms with Crippen molar-refractivity contribution < 1.29 is 4.74 Å². The Labute approximate surface area is 94.3 Å². The fourth-order valence-electron chi connectivity index (χ4n) is 1.82. The number of hydrogen-bond acceptors (Lipinski definition) is 5. The van der Waals surface area contributed by atoms with Gasteiger partial charge in [-0.1, -0.05) is 0 Å². The zero-order valence-corrected chi connectivity index (χ0v) is 9.80. The normalized spacial score (nSPS) is 23.1. The third kappa shape index (κ3) is 3.24. The van der Waals surface area contributed by atoms with Gasteiger partial charge in [0.05, 0.1) is 18.2 Å². The monoisotopic (exact) mass is 227 g/mol. The number of likely N-dealkylation sites (N-methyl/N-ethyl adjacent to an activating group) is 1. The van der Waals surface area contributed by atoms with Gasteiger partial charge < -0.3 is 10.1 Å². The predicted molar refractivity (Wildman–Crippen MR) is 61.1 cm³/mol. The van der Waals surface area contributed by atoms with Crippen LogP contribution >= 0.6 is 11.3 Å². The van der Waals surface area contributed by atoms with Gasteiger partial charge in [-0.25, -0.2) is 0 Å². The quantitative estimate of drug-likeness (QED) is 0.816. The molecule has 1 saturated heterocycles. The molecule has 1 aromatic rings. The Bertz CT molecular complexity index is 276. The van der Waals surface area contributed by atoms with Gasteiger partial charge in [-0.2, -0.15) is 0 Å². The molecule has 1 aliphatic heterocycles. The summed E-state index contributed by atoms with van der Waals surface area (Å²) in [5.41, 5.74) is 1.89. The van der Waals surface area contributed by atoms with Crippen LogP contribution in [0.3, 0.4) is 0 Å². The van der Waals surface area contributed by atoms with Crippen LogP contribution in [-0.2, 0) is 11.3 Å². The molecule has 0 radical (unpaired) electrons. The van der Waals surface area contributed by atoms with E-state index in [9.17, 15) is 0 Å². The second-order valence-corrected chi connectivity index (χ2v) is 4.72. The summed E-state index contributed by atoms with van der Waals surface area (Å²) >= 11 is 1.72. The maximum absolute atomic E-state index is 5.65. The fraction of sp³-hybridized carbons (Fsp3) is 0.700. The van der Waals surface area contributed by atoms with Crippen LogP contribution in [-0.4, -0.2) is 49.3 Å². The Kier molecular flexibility index (Phi) is 4.08. The zero-order valence-electron chi connectivity index (χ0n) is 8.98. The number of hydrogen-bond donors (Lipinski definition) is 1. The van der Waals surface area contributed by atoms with Gasteiger partial charge in [0, 0.05) is 37.3 Å². The number of morpholine rings is 1. The summed E-state index contributed by atoms with van der Waals surface area (Å²) in [4.78, 5) is 7.85. The Morgan fingerprint density at radius 2 is 2.67 bits per heavy atom. The third-order valence-electron chi connectivity index (χ3n) is 2.52. The van der Waals surface area contributed by atoms with E-state index in [1.807, 2.05) is 18.8 Å². The van der Waals surface area contributed by atoms with Crippen molar-refractivity contribution in [3.05, 3.63) is 16.6 Å². The molecule has 0 aliphatic carbocycles. The summed E-state index contributed by atoms with van der Waals surface area (Å²) in [5.74, 6) is 0. The minimum absolute atomic E-state index is 0.330. The van der Waals surface area contributed by atoms with Gasteiger partial charge in [0.15, 0.2) is 0 Å². The zero-order chi connectivity index (χ0) is 10.5. The molecule has 15 heavy (non-hydrogen) atoms. The van der Waals surface area contributed by atoms with Crippen molar-refractivity contribution in [2.45, 2.75) is 12.6 Å². The molecule has 1 aliphatic rings. The molecule has 2 heterocycles. The van der Waals surface area contributed by atoms with E-state index in [0.717, 1.165) is 32.8 Å². The van der Waals surface area contributed by atoms with Crippen LogP contribution in [0.25, 0.3) is 0 Å². The van der Waals surface area contributed by atoms with Crippen molar-refractivity contribution in [1.82, 2.24) is 15.2 Å². The first-order valence-electron chi connectivity index (χ1n) is 5.24. The van der Waals surface area contributed by atoms with E-state index in [4.69, 9.17) is 4.74 Å². The van der Waals surface area contributed by atoms with E-state index in [0.29, 0.717) is 6.10 Å². The van der Waals surface area contributed by atoms with Crippen LogP contribution in [0.2, 0.25) is 0 Å². The van der Waals surface area contributed by atoms with Gasteiger partial charge >= 0.3 is 0 Å². The van der Waals surface area contributed by atoms with E-state index in [1.165, 1.54) is 4.88 Å². The predicted octanol–water partition coefficient (Wildman–Crippen LogP) is 0.563. The second-order valence-electron chi connectivity index (χ2n) is 3.75. The molecule has 5 heteroatoms. The molecule has 4 nitrogen and oxygen atoms in total. The summed E-state index contributed by atoms with van der Waals surface area (Å²) in [5, 5.41) is 3.16. The number of nitrogens with zero attached hydrogens (tertiary/aromatic N) is 2. The summed E-state index contributed by atoms with van der Waals surface area (Å²) in [7, 11) is 1.96. The Morgan fingerprint density at radius 1 is 1.73 bits per heavy atom. The number of rotatable bonds is 4. The van der Waals surface area contributed by atoms with Crippen LogP contribution in [0.5, 0.6) is 0 Å². The van der Waals surface area contributed by atoms with Crippen LogP contribution in [0.1, 0.15) is 4.88 Å². The summed E-state index contributed by atoms with van der Waals surface area (Å²) in [6.45, 7) is 4.81. The molecule has 0 spiro atoms. The molecule has 0 amide bonds. The maximum Gasteiger partial charge on any atom is 0.0826 e. The highest BCUT2D eigenvalue weighted by Crippen LogP contribution is 2.12. The van der Waals surface area contributed by atoms with Gasteiger partial charge in [0.1, 0.15) is 0 Å². The highest BCUT2D eigenvalue weighted by atomic mass is 32.1. The van der Waals surface area contributed by atoms with Gasteiger partial charge in [-0.15, -0.1) is 11.3 Å². The van der Waals surface area contributed by atoms with Crippen molar-refractivity contribution in [3.63, 3.8) is 0 Å². The molecular weight excluding hydrogens is 210 g/mol. The lowest BCUT2D eigenvalue weighted by atomic mass is 10.2. The highest BCUT2D eigenvalue weighted by Gasteiger charge is 2.19. The Balaban J connectivity index is 1.82. The Hall–Kier alpha value is -0.490. The first-order chi connectivity index (χ1) is 7.38. The van der Waals surface area contributed by atoms with Crippen molar-refractivity contribution in [2.24, 2.45) is 0 Å². The molecule has 1 aromatic heterocycles. The molecule has 1 unspecified atom stereocenters. The molecule has 1 fully saturated rings. The Morgan fingerprint density at radius 3 is 3.40 bits per heavy atom. The molecule has 84 valence electrons. The fourth-order valence-corrected chi connectivity index (χ4v) is 2.45. The number of aromatic nitrogens is 1. The summed E-state index contributed by atoms with van der Waals surface area (Å²) in [6.07, 6.45) is 2.28. The van der Waals surface area contributed by atoms with Crippen LogP contribution in [0, 0.1) is 0 Å². The second kappa shape index (κ2) is 5.55. The summed E-state index contributed by atoms with van der Waals surface area (Å²) < 4.78 is 5.65. The van der Waals surface area contributed by atoms with Crippen molar-refractivity contribution in [2.75, 3.05) is 33.3 Å². The lowest BCUT2D eigenvalue weighted by molar-refractivity contribution is -0.0288. The number of nitrogens with one attached hydrogen (secondary N) is 1. The number of ether oxygens (including phenoxy) is 1. The van der Waals surface area contributed by atoms with Gasteiger partial charge in [0.25, 0.3) is 0 Å². The maximum atomic E-state index is 5.65. The molecule has 0 aromatic carbocycles. The minimum Gasteiger partial charge on any atom is -0.374 e. The molecule has 0 saturated carbocycles. The van der Waals surface area contributed by atoms with Crippen LogP contribution in [0.15, 0.2) is 11.7 Å². The first-order valence-corrected chi connectivity index (χ1v) is 6.12. The molecule has 0 bridgehead atoms. The van der Waals surface area contributed by atoms with Crippen molar-refractivity contribution in [3.8, 4) is 0 Å². The number of thiazole rings is 1. The molecular formula is C10H17N3OS. The lowest BCUT2D eigenvalue weighted by Gasteiger charge is -2.32. The van der Waals surface area contributed by atoms with Crippen molar-refractivity contribution in [1.29, 1.82) is 0 Å². The smallest absolute Gasteiger partial charge is 0.0826 e. The molecule has 1 N–H and O–H groups in total. The highest BCUT2D eigenvalue weighted by molar-refractivity contribution is 7.09. The topological polar surface area (TPSA) is 37.4 Å². The average molecular weight is 227 g/mol. The van der Waals surface area contributed by atoms with Crippen LogP contribution < -0.4 is 5.32 Å².